The summed E-state index contributed by atoms with van der Waals surface area (Å²) in [6, 6.07) is 4.94. The van der Waals surface area contributed by atoms with Crippen molar-refractivity contribution in [3.05, 3.63) is 35.0 Å². The number of rotatable bonds is 9. The molecule has 33 heavy (non-hydrogen) atoms. The maximum Gasteiger partial charge on any atom is 0.338 e. The molecule has 1 aromatic carbocycles. The van der Waals surface area contributed by atoms with Gasteiger partial charge < -0.3 is 14.2 Å². The summed E-state index contributed by atoms with van der Waals surface area (Å²) in [5.74, 6) is 2.09. The quantitative estimate of drug-likeness (QED) is 0.470. The van der Waals surface area contributed by atoms with Gasteiger partial charge in [0, 0.05) is 12.2 Å². The molecule has 180 valence electrons. The van der Waals surface area contributed by atoms with Crippen LogP contribution in [0, 0.1) is 11.8 Å². The van der Waals surface area contributed by atoms with Gasteiger partial charge in [0.05, 0.1) is 37.6 Å². The van der Waals surface area contributed by atoms with Gasteiger partial charge in [-0.3, -0.25) is 9.69 Å². The summed E-state index contributed by atoms with van der Waals surface area (Å²) in [4.78, 5) is 32.3. The lowest BCUT2D eigenvalue weighted by atomic mass is 9.93. The number of allylic oxidation sites excluding steroid dienone is 1. The third-order valence-corrected chi connectivity index (χ3v) is 6.38. The average Bonchev–Trinajstić information content (AvgIpc) is 2.76. The van der Waals surface area contributed by atoms with Crippen LogP contribution in [0.15, 0.2) is 34.5 Å². The first-order chi connectivity index (χ1) is 15.7. The number of fused-ring (bicyclic) bond motifs is 1. The Morgan fingerprint density at radius 1 is 1.21 bits per heavy atom. The van der Waals surface area contributed by atoms with E-state index in [1.165, 1.54) is 11.8 Å². The van der Waals surface area contributed by atoms with E-state index in [9.17, 15) is 9.59 Å². The van der Waals surface area contributed by atoms with Crippen molar-refractivity contribution in [3.63, 3.8) is 0 Å². The Labute approximate surface area is 200 Å². The minimum absolute atomic E-state index is 0.0598. The maximum absolute atomic E-state index is 13.2. The van der Waals surface area contributed by atoms with Crippen LogP contribution in [0.3, 0.4) is 0 Å². The second-order valence-corrected chi connectivity index (χ2v) is 10.2. The number of methoxy groups -OCH3 is 1. The summed E-state index contributed by atoms with van der Waals surface area (Å²) >= 11 is 1.52. The lowest BCUT2D eigenvalue weighted by Gasteiger charge is -2.39. The Balaban J connectivity index is 2.01. The zero-order valence-electron chi connectivity index (χ0n) is 20.3. The standard InChI is InChI=1S/C25H34N2O5S/c1-15(2)9-11-31-19-8-7-18(13-20(19)30-6)23-22(24(29)32-14-16(3)4)17(5)26-25-27(23)21(28)10-12-33-25/h7-8,13,15-16,23H,9-12,14H2,1-6H3/t23-/m1/s1. The second-order valence-electron chi connectivity index (χ2n) is 9.09. The van der Waals surface area contributed by atoms with Crippen molar-refractivity contribution in [1.82, 2.24) is 4.90 Å². The molecule has 0 saturated carbocycles. The van der Waals surface area contributed by atoms with E-state index in [0.29, 0.717) is 59.2 Å². The van der Waals surface area contributed by atoms with Crippen LogP contribution in [0.2, 0.25) is 0 Å². The molecule has 0 N–H and O–H groups in total. The molecule has 0 unspecified atom stereocenters. The van der Waals surface area contributed by atoms with Gasteiger partial charge in [-0.05, 0) is 42.9 Å². The molecule has 1 saturated heterocycles. The van der Waals surface area contributed by atoms with Crippen LogP contribution < -0.4 is 9.47 Å². The van der Waals surface area contributed by atoms with E-state index in [4.69, 9.17) is 14.2 Å². The fourth-order valence-electron chi connectivity index (χ4n) is 3.67. The summed E-state index contributed by atoms with van der Waals surface area (Å²) < 4.78 is 17.1. The van der Waals surface area contributed by atoms with E-state index >= 15 is 0 Å². The largest absolute Gasteiger partial charge is 0.493 e. The van der Waals surface area contributed by atoms with Crippen molar-refractivity contribution >= 4 is 28.8 Å². The van der Waals surface area contributed by atoms with Gasteiger partial charge in [-0.15, -0.1) is 0 Å². The lowest BCUT2D eigenvalue weighted by molar-refractivity contribution is -0.141. The van der Waals surface area contributed by atoms with Crippen molar-refractivity contribution in [1.29, 1.82) is 0 Å². The number of nitrogens with zero attached hydrogens (tertiary/aromatic N) is 2. The van der Waals surface area contributed by atoms with Crippen LogP contribution >= 0.6 is 11.8 Å². The first-order valence-corrected chi connectivity index (χ1v) is 12.4. The fourth-order valence-corrected chi connectivity index (χ4v) is 4.68. The summed E-state index contributed by atoms with van der Waals surface area (Å²) in [6.07, 6.45) is 1.32. The number of ether oxygens (including phenoxy) is 3. The molecular formula is C25H34N2O5S. The lowest BCUT2D eigenvalue weighted by Crippen LogP contribution is -2.45. The summed E-state index contributed by atoms with van der Waals surface area (Å²) in [6.45, 7) is 10.9. The van der Waals surface area contributed by atoms with E-state index in [0.717, 1.165) is 12.0 Å². The summed E-state index contributed by atoms with van der Waals surface area (Å²) in [7, 11) is 1.59. The number of carbonyl (C=O) groups is 2. The summed E-state index contributed by atoms with van der Waals surface area (Å²) in [5, 5.41) is 0.616. The molecule has 7 nitrogen and oxygen atoms in total. The molecule has 0 bridgehead atoms. The molecule has 0 aromatic heterocycles. The Hall–Kier alpha value is -2.48. The fraction of sp³-hybridized carbons (Fsp3) is 0.560. The minimum atomic E-state index is -0.629. The van der Waals surface area contributed by atoms with Crippen molar-refractivity contribution in [2.24, 2.45) is 16.8 Å². The maximum atomic E-state index is 13.2. The van der Waals surface area contributed by atoms with Gasteiger partial charge in [-0.1, -0.05) is 45.5 Å². The zero-order chi connectivity index (χ0) is 24.1. The molecule has 0 aliphatic carbocycles. The van der Waals surface area contributed by atoms with Gasteiger partial charge >= 0.3 is 5.97 Å². The van der Waals surface area contributed by atoms with E-state index in [2.05, 4.69) is 18.8 Å². The normalized spacial score (nSPS) is 18.4. The van der Waals surface area contributed by atoms with E-state index in [1.807, 2.05) is 32.0 Å². The van der Waals surface area contributed by atoms with Crippen LogP contribution in [-0.4, -0.2) is 48.0 Å². The Morgan fingerprint density at radius 2 is 1.97 bits per heavy atom. The van der Waals surface area contributed by atoms with E-state index in [-0.39, 0.29) is 11.8 Å². The molecule has 1 atom stereocenters. The van der Waals surface area contributed by atoms with Gasteiger partial charge in [0.2, 0.25) is 5.91 Å². The Bertz CT molecular complexity index is 954. The number of amidine groups is 1. The third kappa shape index (κ3) is 5.91. The summed E-state index contributed by atoms with van der Waals surface area (Å²) in [5.41, 5.74) is 1.70. The van der Waals surface area contributed by atoms with Crippen LogP contribution in [0.25, 0.3) is 0 Å². The van der Waals surface area contributed by atoms with Crippen molar-refractivity contribution in [3.8, 4) is 11.5 Å². The highest BCUT2D eigenvalue weighted by Gasteiger charge is 2.42. The number of hydrogen-bond donors (Lipinski definition) is 0. The predicted octanol–water partition coefficient (Wildman–Crippen LogP) is 4.97. The first kappa shape index (κ1) is 25.1. The van der Waals surface area contributed by atoms with Crippen LogP contribution in [0.5, 0.6) is 11.5 Å². The number of hydrogen-bond acceptors (Lipinski definition) is 7. The minimum Gasteiger partial charge on any atom is -0.493 e. The van der Waals surface area contributed by atoms with Gasteiger partial charge in [0.15, 0.2) is 16.7 Å². The molecule has 0 radical (unpaired) electrons. The van der Waals surface area contributed by atoms with Gasteiger partial charge in [-0.2, -0.15) is 0 Å². The van der Waals surface area contributed by atoms with Crippen LogP contribution in [0.4, 0.5) is 0 Å². The molecule has 2 aliphatic rings. The van der Waals surface area contributed by atoms with Gasteiger partial charge in [0.1, 0.15) is 0 Å². The van der Waals surface area contributed by atoms with Crippen molar-refractivity contribution < 1.29 is 23.8 Å². The molecule has 2 heterocycles. The van der Waals surface area contributed by atoms with Crippen LogP contribution in [-0.2, 0) is 14.3 Å². The van der Waals surface area contributed by atoms with Crippen LogP contribution in [0.1, 0.15) is 59.1 Å². The zero-order valence-corrected chi connectivity index (χ0v) is 21.2. The van der Waals surface area contributed by atoms with Gasteiger partial charge in [-0.25, -0.2) is 9.79 Å². The predicted molar refractivity (Wildman–Crippen MR) is 131 cm³/mol. The van der Waals surface area contributed by atoms with Crippen molar-refractivity contribution in [2.75, 3.05) is 26.1 Å². The monoisotopic (exact) mass is 474 g/mol. The number of amides is 1. The molecule has 0 spiro atoms. The highest BCUT2D eigenvalue weighted by atomic mass is 32.2. The second kappa shape index (κ2) is 11.1. The topological polar surface area (TPSA) is 77.4 Å². The SMILES string of the molecule is COc1cc([C@@H]2C(C(=O)OCC(C)C)=C(C)N=C3SCCC(=O)N32)ccc1OCCC(C)C. The Morgan fingerprint density at radius 3 is 2.64 bits per heavy atom. The molecule has 8 heteroatoms. The molecule has 1 aromatic rings. The number of carbonyl (C=O) groups excluding carboxylic acids is 2. The number of thioether (sulfide) groups is 1. The number of esters is 1. The third-order valence-electron chi connectivity index (χ3n) is 5.43. The smallest absolute Gasteiger partial charge is 0.338 e. The highest BCUT2D eigenvalue weighted by molar-refractivity contribution is 8.14. The van der Waals surface area contributed by atoms with Gasteiger partial charge in [0.25, 0.3) is 0 Å². The first-order valence-electron chi connectivity index (χ1n) is 11.4. The Kier molecular flexibility index (Phi) is 8.46. The number of benzene rings is 1. The average molecular weight is 475 g/mol. The highest BCUT2D eigenvalue weighted by Crippen LogP contribution is 2.42. The molecular weight excluding hydrogens is 440 g/mol. The molecule has 3 rings (SSSR count). The van der Waals surface area contributed by atoms with Crippen molar-refractivity contribution in [2.45, 2.75) is 53.5 Å². The van der Waals surface area contributed by atoms with E-state index < -0.39 is 12.0 Å². The van der Waals surface area contributed by atoms with E-state index in [1.54, 1.807) is 18.9 Å². The number of aliphatic imine (C=N–C) groups is 1. The molecule has 1 fully saturated rings. The molecule has 2 aliphatic heterocycles. The molecule has 1 amide bonds.